The molecule has 1 aliphatic carbocycles. The predicted molar refractivity (Wildman–Crippen MR) is 99.2 cm³/mol. The zero-order valence-corrected chi connectivity index (χ0v) is 17.3. The number of ether oxygens (including phenoxy) is 1. The van der Waals surface area contributed by atoms with Crippen LogP contribution >= 0.6 is 11.6 Å². The summed E-state index contributed by atoms with van der Waals surface area (Å²) in [6, 6.07) is 2.64. The number of rotatable bonds is 5. The van der Waals surface area contributed by atoms with E-state index < -0.39 is 57.7 Å². The molecule has 1 aliphatic heterocycles. The molecule has 0 spiro atoms. The van der Waals surface area contributed by atoms with Gasteiger partial charge in [0, 0.05) is 19.2 Å². The lowest BCUT2D eigenvalue weighted by atomic mass is 9.95. The van der Waals surface area contributed by atoms with Gasteiger partial charge in [0.2, 0.25) is 5.91 Å². The van der Waals surface area contributed by atoms with E-state index in [2.05, 4.69) is 4.98 Å². The highest BCUT2D eigenvalue weighted by molar-refractivity contribution is 7.92. The Morgan fingerprint density at radius 2 is 2.00 bits per heavy atom. The van der Waals surface area contributed by atoms with Crippen molar-refractivity contribution in [2.24, 2.45) is 11.8 Å². The summed E-state index contributed by atoms with van der Waals surface area (Å²) < 4.78 is 58.0. The van der Waals surface area contributed by atoms with Gasteiger partial charge in [-0.05, 0) is 31.9 Å². The van der Waals surface area contributed by atoms with Gasteiger partial charge in [-0.2, -0.15) is 0 Å². The molecule has 1 aromatic heterocycles. The summed E-state index contributed by atoms with van der Waals surface area (Å²) >= 11 is 5.75. The molecule has 0 N–H and O–H groups in total. The van der Waals surface area contributed by atoms with E-state index in [4.69, 9.17) is 16.3 Å². The fourth-order valence-corrected chi connectivity index (χ4v) is 5.72. The van der Waals surface area contributed by atoms with Crippen LogP contribution in [0.2, 0.25) is 5.02 Å². The average molecular weight is 451 g/mol. The van der Waals surface area contributed by atoms with Crippen LogP contribution in [0.4, 0.5) is 8.78 Å². The van der Waals surface area contributed by atoms with Gasteiger partial charge >= 0.3 is 5.97 Å². The molecule has 3 unspecified atom stereocenters. The highest BCUT2D eigenvalue weighted by Gasteiger charge is 2.51. The second-order valence-electron chi connectivity index (χ2n) is 7.28. The molecule has 11 heteroatoms. The summed E-state index contributed by atoms with van der Waals surface area (Å²) in [6.45, 7) is 0.798. The Balaban J connectivity index is 1.86. The van der Waals surface area contributed by atoms with Gasteiger partial charge in [-0.25, -0.2) is 22.2 Å². The van der Waals surface area contributed by atoms with Crippen LogP contribution in [0.25, 0.3) is 0 Å². The summed E-state index contributed by atoms with van der Waals surface area (Å²) in [5.41, 5.74) is 0. The molecule has 1 saturated carbocycles. The zero-order valence-electron chi connectivity index (χ0n) is 15.7. The molecule has 160 valence electrons. The van der Waals surface area contributed by atoms with Crippen LogP contribution in [0.5, 0.6) is 0 Å². The van der Waals surface area contributed by atoms with Crippen molar-refractivity contribution in [3.63, 3.8) is 0 Å². The summed E-state index contributed by atoms with van der Waals surface area (Å²) in [6.07, 6.45) is 0.455. The van der Waals surface area contributed by atoms with E-state index >= 15 is 0 Å². The SMILES string of the molecule is CCOC(=O)C1CC(S(=O)(=O)c2ccc(Cl)cn2)CC1C(=O)N1CCC(F)(F)C1. The number of alkyl halides is 2. The molecule has 2 heterocycles. The fraction of sp³-hybridized carbons (Fsp3) is 0.611. The molecule has 29 heavy (non-hydrogen) atoms. The molecule has 1 amide bonds. The van der Waals surface area contributed by atoms with Gasteiger partial charge in [-0.3, -0.25) is 9.59 Å². The molecule has 3 atom stereocenters. The van der Waals surface area contributed by atoms with Gasteiger partial charge in [0.05, 0.1) is 35.3 Å². The molecule has 1 saturated heterocycles. The van der Waals surface area contributed by atoms with Gasteiger partial charge in [-0.15, -0.1) is 0 Å². The Labute approximate surface area is 172 Å². The molecular weight excluding hydrogens is 430 g/mol. The molecule has 3 rings (SSSR count). The number of carbonyl (C=O) groups is 2. The maximum Gasteiger partial charge on any atom is 0.309 e. The number of hydrogen-bond donors (Lipinski definition) is 0. The van der Waals surface area contributed by atoms with Crippen molar-refractivity contribution >= 4 is 33.3 Å². The number of esters is 1. The Bertz CT molecular complexity index is 894. The minimum atomic E-state index is -3.95. The van der Waals surface area contributed by atoms with Crippen molar-refractivity contribution in [2.45, 2.75) is 42.4 Å². The molecule has 2 fully saturated rings. The van der Waals surface area contributed by atoms with Gasteiger partial charge in [0.25, 0.3) is 5.92 Å². The number of likely N-dealkylation sites (tertiary alicyclic amines) is 1. The lowest BCUT2D eigenvalue weighted by molar-refractivity contribution is -0.153. The third kappa shape index (κ3) is 4.53. The van der Waals surface area contributed by atoms with Gasteiger partial charge in [-0.1, -0.05) is 11.6 Å². The van der Waals surface area contributed by atoms with E-state index in [0.717, 1.165) is 4.90 Å². The van der Waals surface area contributed by atoms with Gasteiger partial charge < -0.3 is 9.64 Å². The van der Waals surface area contributed by atoms with Crippen molar-refractivity contribution in [1.82, 2.24) is 9.88 Å². The van der Waals surface area contributed by atoms with Crippen molar-refractivity contribution < 1.29 is 31.5 Å². The van der Waals surface area contributed by atoms with Crippen molar-refractivity contribution in [2.75, 3.05) is 19.7 Å². The topological polar surface area (TPSA) is 93.6 Å². The third-order valence-corrected chi connectivity index (χ3v) is 7.65. The number of nitrogens with zero attached hydrogens (tertiary/aromatic N) is 2. The van der Waals surface area contributed by atoms with Crippen LogP contribution < -0.4 is 0 Å². The van der Waals surface area contributed by atoms with E-state index in [1.165, 1.54) is 18.3 Å². The second-order valence-corrected chi connectivity index (χ2v) is 9.90. The van der Waals surface area contributed by atoms with Crippen LogP contribution in [0, 0.1) is 11.8 Å². The quantitative estimate of drug-likeness (QED) is 0.639. The Morgan fingerprint density at radius 3 is 2.55 bits per heavy atom. The number of sulfone groups is 1. The first-order valence-electron chi connectivity index (χ1n) is 9.24. The van der Waals surface area contributed by atoms with Crippen LogP contribution in [-0.4, -0.2) is 61.0 Å². The Kier molecular flexibility index (Phi) is 6.14. The number of carbonyl (C=O) groups excluding carboxylic acids is 2. The number of aromatic nitrogens is 1. The number of halogens is 3. The summed E-state index contributed by atoms with van der Waals surface area (Å²) in [5, 5.41) is -0.999. The molecule has 0 bridgehead atoms. The number of pyridine rings is 1. The smallest absolute Gasteiger partial charge is 0.309 e. The second kappa shape index (κ2) is 8.14. The first kappa shape index (κ1) is 21.9. The predicted octanol–water partition coefficient (Wildman–Crippen LogP) is 2.33. The maximum atomic E-state index is 13.5. The van der Waals surface area contributed by atoms with E-state index in [1.807, 2.05) is 0 Å². The normalized spacial score (nSPS) is 26.5. The van der Waals surface area contributed by atoms with Crippen LogP contribution in [0.15, 0.2) is 23.4 Å². The molecule has 1 aromatic rings. The summed E-state index contributed by atoms with van der Waals surface area (Å²) in [7, 11) is -3.95. The summed E-state index contributed by atoms with van der Waals surface area (Å²) in [4.78, 5) is 30.1. The Hall–Kier alpha value is -1.81. The largest absolute Gasteiger partial charge is 0.466 e. The van der Waals surface area contributed by atoms with Crippen molar-refractivity contribution in [3.8, 4) is 0 Å². The van der Waals surface area contributed by atoms with E-state index in [0.29, 0.717) is 0 Å². The first-order chi connectivity index (χ1) is 13.5. The molecule has 0 radical (unpaired) electrons. The van der Waals surface area contributed by atoms with Gasteiger partial charge in [0.1, 0.15) is 0 Å². The van der Waals surface area contributed by atoms with E-state index in [9.17, 15) is 26.8 Å². The van der Waals surface area contributed by atoms with E-state index in [1.54, 1.807) is 6.92 Å². The van der Waals surface area contributed by atoms with Gasteiger partial charge in [0.15, 0.2) is 14.9 Å². The molecular formula is C18H21ClF2N2O5S. The minimum absolute atomic E-state index is 0.0637. The minimum Gasteiger partial charge on any atom is -0.466 e. The number of amides is 1. The standard InChI is InChI=1S/C18H21ClF2N2O5S/c1-2-28-17(25)14-8-12(29(26,27)15-4-3-11(19)9-22-15)7-13(14)16(24)23-6-5-18(20,21)10-23/h3-4,9,12-14H,2,5-8,10H2,1H3. The maximum absolute atomic E-state index is 13.5. The van der Waals surface area contributed by atoms with Crippen molar-refractivity contribution in [3.05, 3.63) is 23.4 Å². The monoisotopic (exact) mass is 450 g/mol. The average Bonchev–Trinajstić information content (AvgIpc) is 3.26. The summed E-state index contributed by atoms with van der Waals surface area (Å²) in [5.74, 6) is -6.36. The third-order valence-electron chi connectivity index (χ3n) is 5.34. The molecule has 7 nitrogen and oxygen atoms in total. The van der Waals surface area contributed by atoms with Crippen LogP contribution in [0.1, 0.15) is 26.2 Å². The molecule has 2 aliphatic rings. The van der Waals surface area contributed by atoms with Crippen molar-refractivity contribution in [1.29, 1.82) is 0 Å². The van der Waals surface area contributed by atoms with E-state index in [-0.39, 0.29) is 36.0 Å². The molecule has 0 aromatic carbocycles. The van der Waals surface area contributed by atoms with Crippen LogP contribution in [-0.2, 0) is 24.2 Å². The fourth-order valence-electron chi connectivity index (χ4n) is 3.89. The lowest BCUT2D eigenvalue weighted by Gasteiger charge is -2.23. The zero-order chi connectivity index (χ0) is 21.4. The lowest BCUT2D eigenvalue weighted by Crippen LogP contribution is -2.39. The highest BCUT2D eigenvalue weighted by atomic mass is 35.5. The first-order valence-corrected chi connectivity index (χ1v) is 11.2. The number of hydrogen-bond acceptors (Lipinski definition) is 6. The Morgan fingerprint density at radius 1 is 1.31 bits per heavy atom. The highest BCUT2D eigenvalue weighted by Crippen LogP contribution is 2.41. The van der Waals surface area contributed by atoms with Crippen LogP contribution in [0.3, 0.4) is 0 Å².